The molecule has 5 rings (SSSR count). The zero-order valence-corrected chi connectivity index (χ0v) is 20.3. The normalized spacial score (nSPS) is 16.6. The number of nitrogens with one attached hydrogen (secondary N) is 1. The maximum Gasteiger partial charge on any atom is 0.257 e. The van der Waals surface area contributed by atoms with Gasteiger partial charge in [-0.05, 0) is 53.2 Å². The Kier molecular flexibility index (Phi) is 5.30. The molecule has 0 unspecified atom stereocenters. The van der Waals surface area contributed by atoms with Crippen molar-refractivity contribution in [3.8, 4) is 11.3 Å². The third-order valence-corrected chi connectivity index (χ3v) is 6.87. The predicted molar refractivity (Wildman–Crippen MR) is 147 cm³/mol. The van der Waals surface area contributed by atoms with E-state index in [1.165, 1.54) is 0 Å². The van der Waals surface area contributed by atoms with Crippen molar-refractivity contribution in [1.29, 1.82) is 0 Å². The molecule has 11 heteroatoms. The van der Waals surface area contributed by atoms with Crippen molar-refractivity contribution in [2.45, 2.75) is 23.5 Å². The van der Waals surface area contributed by atoms with E-state index in [2.05, 4.69) is 68.7 Å². The average Bonchev–Trinajstić information content (AvgIpc) is 3.32. The van der Waals surface area contributed by atoms with Crippen LogP contribution in [0.3, 0.4) is 0 Å². The van der Waals surface area contributed by atoms with Crippen LogP contribution in [0.4, 0.5) is 11.6 Å². The van der Waals surface area contributed by atoms with Gasteiger partial charge in [0.1, 0.15) is 43.0 Å². The molecule has 1 aliphatic rings. The molecule has 0 radical (unpaired) electrons. The molecule has 1 aromatic carbocycles. The quantitative estimate of drug-likeness (QED) is 0.438. The second-order valence-electron chi connectivity index (χ2n) is 10.3. The maximum absolute atomic E-state index is 13.1. The zero-order chi connectivity index (χ0) is 24.1. The van der Waals surface area contributed by atoms with Crippen LogP contribution in [0.15, 0.2) is 61.3 Å². The Morgan fingerprint density at radius 3 is 2.44 bits per heavy atom. The lowest BCUT2D eigenvalue weighted by atomic mass is 9.58. The van der Waals surface area contributed by atoms with Crippen LogP contribution in [0.25, 0.3) is 22.0 Å². The molecule has 0 aliphatic carbocycles. The van der Waals surface area contributed by atoms with Crippen molar-refractivity contribution < 1.29 is 4.79 Å². The number of carbonyl (C=O) groups is 1. The lowest BCUT2D eigenvalue weighted by molar-refractivity contribution is 0.102. The number of fused-ring (bicyclic) bond motifs is 1. The molecule has 0 spiro atoms. The summed E-state index contributed by atoms with van der Waals surface area (Å²) in [4.78, 5) is 28.7. The fourth-order valence-corrected chi connectivity index (χ4v) is 5.15. The monoisotopic (exact) mass is 446 g/mol. The van der Waals surface area contributed by atoms with Crippen LogP contribution < -0.4 is 10.2 Å². The zero-order valence-electron chi connectivity index (χ0n) is 20.3. The first-order chi connectivity index (χ1) is 16.1. The Bertz CT molecular complexity index is 1390. The van der Waals surface area contributed by atoms with E-state index < -0.39 is 0 Å². The molecule has 166 valence electrons. The first kappa shape index (κ1) is 22.3. The molecular formula is C23H26B4N6O. The van der Waals surface area contributed by atoms with E-state index in [1.807, 2.05) is 36.0 Å². The van der Waals surface area contributed by atoms with Gasteiger partial charge in [0, 0.05) is 36.0 Å². The number of imidazole rings is 1. The van der Waals surface area contributed by atoms with E-state index in [0.717, 1.165) is 40.7 Å². The molecule has 4 aromatic rings. The fourth-order valence-electron chi connectivity index (χ4n) is 5.15. The van der Waals surface area contributed by atoms with Gasteiger partial charge in [0.05, 0.1) is 18.2 Å². The van der Waals surface area contributed by atoms with Crippen LogP contribution in [0.1, 0.15) is 23.2 Å². The topological polar surface area (TPSA) is 75.9 Å². The Morgan fingerprint density at radius 1 is 0.971 bits per heavy atom. The number of anilines is 2. The number of nitrogens with zero attached hydrogens (tertiary/aromatic N) is 5. The van der Waals surface area contributed by atoms with E-state index >= 15 is 0 Å². The van der Waals surface area contributed by atoms with Gasteiger partial charge in [0.25, 0.3) is 5.91 Å². The smallest absolute Gasteiger partial charge is 0.257 e. The summed E-state index contributed by atoms with van der Waals surface area (Å²) in [7, 11) is 10.9. The molecule has 0 bridgehead atoms. The highest BCUT2D eigenvalue weighted by molar-refractivity contribution is 6.48. The van der Waals surface area contributed by atoms with Crippen molar-refractivity contribution in [1.82, 2.24) is 19.5 Å². The van der Waals surface area contributed by atoms with E-state index in [0.29, 0.717) is 11.4 Å². The number of hydrogen-bond acceptors (Lipinski definition) is 5. The number of aromatic nitrogens is 4. The minimum atomic E-state index is -0.201. The summed E-state index contributed by atoms with van der Waals surface area (Å²) in [5, 5.41) is 4.94. The molecule has 1 fully saturated rings. The van der Waals surface area contributed by atoms with E-state index in [4.69, 9.17) is 0 Å². The van der Waals surface area contributed by atoms with E-state index in [9.17, 15) is 4.79 Å². The first-order valence-electron chi connectivity index (χ1n) is 11.6. The number of amides is 1. The molecule has 1 saturated heterocycles. The molecular weight excluding hydrogens is 420 g/mol. The minimum Gasteiger partial charge on any atom is -0.377 e. The number of pyridine rings is 2. The van der Waals surface area contributed by atoms with Crippen LogP contribution in [0, 0.1) is 0 Å². The van der Waals surface area contributed by atoms with Gasteiger partial charge in [-0.15, -0.1) is 0 Å². The Hall–Kier alpha value is -3.48. The molecule has 0 atom stereocenters. The molecule has 3 aromatic heterocycles. The third kappa shape index (κ3) is 4.00. The summed E-state index contributed by atoms with van der Waals surface area (Å²) in [5.41, 5.74) is 2.65. The van der Waals surface area contributed by atoms with Gasteiger partial charge < -0.3 is 14.8 Å². The van der Waals surface area contributed by atoms with Crippen molar-refractivity contribution in [3.63, 3.8) is 0 Å². The fraction of sp³-hybridized carbons (Fsp3) is 0.217. The van der Waals surface area contributed by atoms with Crippen molar-refractivity contribution in [2.75, 3.05) is 10.2 Å². The molecule has 34 heavy (non-hydrogen) atoms. The summed E-state index contributed by atoms with van der Waals surface area (Å²) < 4.78 is 1.98. The average molecular weight is 446 g/mol. The summed E-state index contributed by atoms with van der Waals surface area (Å²) in [5.74, 6) is 1.14. The van der Waals surface area contributed by atoms with Gasteiger partial charge in [-0.3, -0.25) is 4.79 Å². The highest BCUT2D eigenvalue weighted by Crippen LogP contribution is 2.37. The molecule has 1 N–H and O–H groups in total. The molecule has 1 amide bonds. The standard InChI is InChI=1S/C23H26B4N6O/c1-32-13-28-12-18(32)14-2-3-16-11-30-19(9-17(16)8-14)31-21(34)15-4-7-29-20(10-15)33-22(24,25)5-6-23(33,26)27/h2-4,7-13H,5-6,24-27H2,1H3,(H,30,31,34). The van der Waals surface area contributed by atoms with Crippen LogP contribution in [0.5, 0.6) is 0 Å². The van der Waals surface area contributed by atoms with Crippen LogP contribution in [-0.2, 0) is 7.05 Å². The molecule has 1 aliphatic heterocycles. The summed E-state index contributed by atoms with van der Waals surface area (Å²) in [6.45, 7) is 0. The summed E-state index contributed by atoms with van der Waals surface area (Å²) >= 11 is 0. The largest absolute Gasteiger partial charge is 0.377 e. The lowest BCUT2D eigenvalue weighted by Crippen LogP contribution is -2.56. The number of rotatable bonds is 4. The third-order valence-electron chi connectivity index (χ3n) is 6.87. The second-order valence-corrected chi connectivity index (χ2v) is 10.3. The molecule has 4 heterocycles. The van der Waals surface area contributed by atoms with Gasteiger partial charge >= 0.3 is 0 Å². The Balaban J connectivity index is 1.42. The number of aryl methyl sites for hydroxylation is 1. The van der Waals surface area contributed by atoms with Gasteiger partial charge in [0.15, 0.2) is 0 Å². The Labute approximate surface area is 203 Å². The minimum absolute atomic E-state index is 0.0168. The van der Waals surface area contributed by atoms with Gasteiger partial charge in [-0.1, -0.05) is 12.1 Å². The lowest BCUT2D eigenvalue weighted by Gasteiger charge is -2.43. The summed E-state index contributed by atoms with van der Waals surface area (Å²) in [6, 6.07) is 11.7. The number of benzene rings is 1. The van der Waals surface area contributed by atoms with E-state index in [-0.39, 0.29) is 16.6 Å². The van der Waals surface area contributed by atoms with Crippen LogP contribution >= 0.6 is 0 Å². The van der Waals surface area contributed by atoms with Crippen molar-refractivity contribution in [3.05, 3.63) is 66.9 Å². The first-order valence-corrected chi connectivity index (χ1v) is 11.6. The second kappa shape index (κ2) is 8.08. The van der Waals surface area contributed by atoms with Gasteiger partial charge in [-0.2, -0.15) is 0 Å². The highest BCUT2D eigenvalue weighted by atomic mass is 16.1. The predicted octanol–water partition coefficient (Wildman–Crippen LogP) is -0.277. The molecule has 0 saturated carbocycles. The van der Waals surface area contributed by atoms with E-state index in [1.54, 1.807) is 24.8 Å². The van der Waals surface area contributed by atoms with Gasteiger partial charge in [0.2, 0.25) is 0 Å². The van der Waals surface area contributed by atoms with Crippen LogP contribution in [0.2, 0.25) is 0 Å². The summed E-state index contributed by atoms with van der Waals surface area (Å²) in [6.07, 6.45) is 9.29. The maximum atomic E-state index is 13.1. The van der Waals surface area contributed by atoms with Gasteiger partial charge in [-0.25, -0.2) is 15.0 Å². The Morgan fingerprint density at radius 2 is 1.74 bits per heavy atom. The van der Waals surface area contributed by atoms with Crippen molar-refractivity contribution in [2.24, 2.45) is 7.05 Å². The van der Waals surface area contributed by atoms with Crippen LogP contribution in [-0.4, -0.2) is 67.5 Å². The van der Waals surface area contributed by atoms with Crippen molar-refractivity contribution >= 4 is 59.7 Å². The SMILES string of the molecule is BC1(B)CCC(B)(B)N1c1cc(C(=O)Nc2cc3cc(-c4cncn4C)ccc3cn2)ccn1. The number of carbonyl (C=O) groups excluding carboxylic acids is 1. The highest BCUT2D eigenvalue weighted by Gasteiger charge is 2.44. The molecule has 7 nitrogen and oxygen atoms in total. The number of hydrogen-bond donors (Lipinski definition) is 1.